The summed E-state index contributed by atoms with van der Waals surface area (Å²) in [5.74, 6) is -0.313. The fourth-order valence-electron chi connectivity index (χ4n) is 1.78. The quantitative estimate of drug-likeness (QED) is 0.780. The predicted octanol–water partition coefficient (Wildman–Crippen LogP) is 2.45. The molecule has 1 amide bonds. The molecule has 0 aliphatic carbocycles. The average molecular weight is 360 g/mol. The van der Waals surface area contributed by atoms with Crippen molar-refractivity contribution < 1.29 is 24.2 Å². The Morgan fingerprint density at radius 2 is 2.00 bits per heavy atom. The van der Waals surface area contributed by atoms with E-state index < -0.39 is 5.97 Å². The lowest BCUT2D eigenvalue weighted by atomic mass is 10.1. The highest BCUT2D eigenvalue weighted by molar-refractivity contribution is 9.10. The van der Waals surface area contributed by atoms with Crippen molar-refractivity contribution in [2.24, 2.45) is 0 Å². The summed E-state index contributed by atoms with van der Waals surface area (Å²) in [5.41, 5.74) is 0.325. The summed E-state index contributed by atoms with van der Waals surface area (Å²) in [6.45, 7) is 1.75. The molecular formula is C14H18BrNO5. The Bertz CT molecular complexity index is 532. The van der Waals surface area contributed by atoms with Crippen LogP contribution in [-0.2, 0) is 4.79 Å². The van der Waals surface area contributed by atoms with Gasteiger partial charge < -0.3 is 19.9 Å². The molecule has 0 bridgehead atoms. The van der Waals surface area contributed by atoms with Crippen LogP contribution >= 0.6 is 15.9 Å². The molecule has 1 rings (SSSR count). The van der Waals surface area contributed by atoms with Crippen LogP contribution < -0.4 is 14.8 Å². The first-order valence-electron chi connectivity index (χ1n) is 6.33. The number of carbonyl (C=O) groups excluding carboxylic acids is 1. The van der Waals surface area contributed by atoms with Crippen molar-refractivity contribution in [3.05, 3.63) is 22.2 Å². The third kappa shape index (κ3) is 4.93. The number of rotatable bonds is 7. The second kappa shape index (κ2) is 7.87. The second-order valence-electron chi connectivity index (χ2n) is 4.50. The summed E-state index contributed by atoms with van der Waals surface area (Å²) in [6, 6.07) is 3.01. The minimum absolute atomic E-state index is 0.000384. The van der Waals surface area contributed by atoms with Crippen LogP contribution in [0.15, 0.2) is 16.6 Å². The molecule has 0 heterocycles. The van der Waals surface area contributed by atoms with Crippen molar-refractivity contribution in [3.8, 4) is 11.5 Å². The normalized spacial score (nSPS) is 11.6. The third-order valence-electron chi connectivity index (χ3n) is 2.87. The Balaban J connectivity index is 2.90. The van der Waals surface area contributed by atoms with Gasteiger partial charge in [0, 0.05) is 12.5 Å². The van der Waals surface area contributed by atoms with E-state index in [2.05, 4.69) is 21.2 Å². The van der Waals surface area contributed by atoms with Crippen molar-refractivity contribution in [1.82, 2.24) is 5.32 Å². The van der Waals surface area contributed by atoms with Crippen LogP contribution in [0, 0.1) is 0 Å². The van der Waals surface area contributed by atoms with Gasteiger partial charge in [0.25, 0.3) is 5.91 Å². The van der Waals surface area contributed by atoms with Gasteiger partial charge in [-0.05, 0) is 41.4 Å². The van der Waals surface area contributed by atoms with Crippen molar-refractivity contribution in [1.29, 1.82) is 0 Å². The molecular weight excluding hydrogens is 342 g/mol. The molecule has 1 atom stereocenters. The lowest BCUT2D eigenvalue weighted by Crippen LogP contribution is -2.33. The minimum Gasteiger partial charge on any atom is -0.497 e. The van der Waals surface area contributed by atoms with Crippen molar-refractivity contribution >= 4 is 27.8 Å². The average Bonchev–Trinajstić information content (AvgIpc) is 2.44. The zero-order valence-electron chi connectivity index (χ0n) is 12.1. The van der Waals surface area contributed by atoms with Crippen molar-refractivity contribution in [2.45, 2.75) is 25.8 Å². The van der Waals surface area contributed by atoms with Crippen LogP contribution in [0.3, 0.4) is 0 Å². The van der Waals surface area contributed by atoms with Gasteiger partial charge in [0.15, 0.2) is 0 Å². The number of carboxylic acids is 1. The predicted molar refractivity (Wildman–Crippen MR) is 81.0 cm³/mol. The van der Waals surface area contributed by atoms with Gasteiger partial charge in [-0.15, -0.1) is 0 Å². The van der Waals surface area contributed by atoms with E-state index in [1.54, 1.807) is 19.1 Å². The second-order valence-corrected chi connectivity index (χ2v) is 5.35. The lowest BCUT2D eigenvalue weighted by Gasteiger charge is -2.16. The molecule has 0 fully saturated rings. The van der Waals surface area contributed by atoms with Gasteiger partial charge in [0.05, 0.1) is 24.3 Å². The molecule has 0 aliphatic heterocycles. The highest BCUT2D eigenvalue weighted by atomic mass is 79.9. The van der Waals surface area contributed by atoms with E-state index in [4.69, 9.17) is 14.6 Å². The molecule has 6 nitrogen and oxygen atoms in total. The van der Waals surface area contributed by atoms with E-state index in [0.29, 0.717) is 28.0 Å². The Labute approximate surface area is 131 Å². The molecule has 1 aromatic carbocycles. The molecule has 0 saturated heterocycles. The number of halogens is 1. The molecule has 0 spiro atoms. The highest BCUT2D eigenvalue weighted by Gasteiger charge is 2.19. The summed E-state index contributed by atoms with van der Waals surface area (Å²) in [6.07, 6.45) is 0.356. The fraction of sp³-hybridized carbons (Fsp3) is 0.429. The Hall–Kier alpha value is -1.76. The van der Waals surface area contributed by atoms with E-state index in [1.165, 1.54) is 14.2 Å². The van der Waals surface area contributed by atoms with Gasteiger partial charge in [0.1, 0.15) is 11.5 Å². The molecule has 0 aliphatic rings. The Morgan fingerprint density at radius 1 is 1.33 bits per heavy atom. The number of hydrogen-bond acceptors (Lipinski definition) is 4. The fourth-order valence-corrected chi connectivity index (χ4v) is 2.38. The van der Waals surface area contributed by atoms with Crippen LogP contribution in [0.1, 0.15) is 30.1 Å². The van der Waals surface area contributed by atoms with Gasteiger partial charge in [-0.3, -0.25) is 9.59 Å². The molecule has 1 unspecified atom stereocenters. The number of hydrogen-bond donors (Lipinski definition) is 2. The maximum absolute atomic E-state index is 12.3. The molecule has 2 N–H and O–H groups in total. The summed E-state index contributed by atoms with van der Waals surface area (Å²) in [4.78, 5) is 22.8. The van der Waals surface area contributed by atoms with E-state index in [1.807, 2.05) is 0 Å². The number of nitrogens with one attached hydrogen (secondary N) is 1. The van der Waals surface area contributed by atoms with Gasteiger partial charge in [-0.25, -0.2) is 0 Å². The number of benzene rings is 1. The maximum atomic E-state index is 12.3. The van der Waals surface area contributed by atoms with Crippen LogP contribution in [0.4, 0.5) is 0 Å². The maximum Gasteiger partial charge on any atom is 0.303 e. The topological polar surface area (TPSA) is 84.9 Å². The SMILES string of the molecule is COc1cc(Br)c(OC)c(C(=O)NC(C)CCC(=O)O)c1. The first kappa shape index (κ1) is 17.3. The molecule has 0 aromatic heterocycles. The third-order valence-corrected chi connectivity index (χ3v) is 3.46. The monoisotopic (exact) mass is 359 g/mol. The first-order valence-corrected chi connectivity index (χ1v) is 7.12. The van der Waals surface area contributed by atoms with E-state index >= 15 is 0 Å². The minimum atomic E-state index is -0.891. The number of amides is 1. The lowest BCUT2D eigenvalue weighted by molar-refractivity contribution is -0.137. The van der Waals surface area contributed by atoms with Gasteiger partial charge in [-0.1, -0.05) is 0 Å². The van der Waals surface area contributed by atoms with E-state index in [-0.39, 0.29) is 18.4 Å². The summed E-state index contributed by atoms with van der Waals surface area (Å²) < 4.78 is 10.9. The van der Waals surface area contributed by atoms with Gasteiger partial charge in [0.2, 0.25) is 0 Å². The van der Waals surface area contributed by atoms with Crippen LogP contribution in [0.25, 0.3) is 0 Å². The summed E-state index contributed by atoms with van der Waals surface area (Å²) >= 11 is 3.32. The standard InChI is InChI=1S/C14H18BrNO5/c1-8(4-5-12(17)18)16-14(19)10-6-9(20-2)7-11(15)13(10)21-3/h6-8H,4-5H2,1-3H3,(H,16,19)(H,17,18). The van der Waals surface area contributed by atoms with Gasteiger partial charge in [-0.2, -0.15) is 0 Å². The van der Waals surface area contributed by atoms with Crippen LogP contribution in [0.5, 0.6) is 11.5 Å². The van der Waals surface area contributed by atoms with Crippen LogP contribution in [-0.4, -0.2) is 37.2 Å². The summed E-state index contributed by atoms with van der Waals surface area (Å²) in [7, 11) is 2.97. The number of carboxylic acid groups (broad SMARTS) is 1. The van der Waals surface area contributed by atoms with Crippen molar-refractivity contribution in [2.75, 3.05) is 14.2 Å². The highest BCUT2D eigenvalue weighted by Crippen LogP contribution is 2.33. The number of ether oxygens (including phenoxy) is 2. The molecule has 0 saturated carbocycles. The zero-order chi connectivity index (χ0) is 16.0. The molecule has 21 heavy (non-hydrogen) atoms. The Kier molecular flexibility index (Phi) is 6.48. The summed E-state index contributed by atoms with van der Waals surface area (Å²) in [5, 5.41) is 11.4. The van der Waals surface area contributed by atoms with Crippen molar-refractivity contribution in [3.63, 3.8) is 0 Å². The van der Waals surface area contributed by atoms with Gasteiger partial charge >= 0.3 is 5.97 Å². The smallest absolute Gasteiger partial charge is 0.303 e. The molecule has 116 valence electrons. The zero-order valence-corrected chi connectivity index (χ0v) is 13.7. The van der Waals surface area contributed by atoms with Crippen LogP contribution in [0.2, 0.25) is 0 Å². The largest absolute Gasteiger partial charge is 0.497 e. The number of methoxy groups -OCH3 is 2. The molecule has 7 heteroatoms. The number of carbonyl (C=O) groups is 2. The molecule has 1 aromatic rings. The first-order chi connectivity index (χ1) is 9.88. The number of aliphatic carboxylic acids is 1. The molecule has 0 radical (unpaired) electrons. The Morgan fingerprint density at radius 3 is 2.52 bits per heavy atom. The van der Waals surface area contributed by atoms with E-state index in [9.17, 15) is 9.59 Å². The van der Waals surface area contributed by atoms with E-state index in [0.717, 1.165) is 0 Å².